The van der Waals surface area contributed by atoms with Crippen molar-refractivity contribution in [2.24, 2.45) is 11.3 Å². The summed E-state index contributed by atoms with van der Waals surface area (Å²) in [5, 5.41) is 11.8. The van der Waals surface area contributed by atoms with E-state index in [2.05, 4.69) is 28.1 Å². The van der Waals surface area contributed by atoms with Crippen LogP contribution in [0.4, 0.5) is 5.69 Å². The van der Waals surface area contributed by atoms with Gasteiger partial charge in [0.25, 0.3) is 0 Å². The van der Waals surface area contributed by atoms with Crippen molar-refractivity contribution in [3.8, 4) is 23.0 Å². The van der Waals surface area contributed by atoms with Crippen molar-refractivity contribution < 1.29 is 13.9 Å². The van der Waals surface area contributed by atoms with E-state index in [0.29, 0.717) is 24.0 Å². The van der Waals surface area contributed by atoms with Crippen molar-refractivity contribution in [2.75, 3.05) is 45.2 Å². The summed E-state index contributed by atoms with van der Waals surface area (Å²) in [6, 6.07) is 10.7. The molecule has 0 radical (unpaired) electrons. The van der Waals surface area contributed by atoms with Gasteiger partial charge in [0.1, 0.15) is 11.5 Å². The third-order valence-corrected chi connectivity index (χ3v) is 8.40. The summed E-state index contributed by atoms with van der Waals surface area (Å²) in [4.78, 5) is 5.00. The molecule has 36 heavy (non-hydrogen) atoms. The van der Waals surface area contributed by atoms with E-state index >= 15 is 0 Å². The van der Waals surface area contributed by atoms with E-state index in [0.717, 1.165) is 84.3 Å². The molecular formula is C29H38N4O3. The highest BCUT2D eigenvalue weighted by Gasteiger charge is 2.44. The number of ether oxygens (including phenoxy) is 2. The molecule has 3 aromatic rings. The lowest BCUT2D eigenvalue weighted by Gasteiger charge is -2.51. The molecule has 2 aliphatic heterocycles. The molecule has 7 heteroatoms. The van der Waals surface area contributed by atoms with Gasteiger partial charge < -0.3 is 29.8 Å². The second-order valence-corrected chi connectivity index (χ2v) is 11.0. The highest BCUT2D eigenvalue weighted by Crippen LogP contribution is 2.49. The minimum Gasteiger partial charge on any atom is -0.493 e. The van der Waals surface area contributed by atoms with Gasteiger partial charge in [-0.25, -0.2) is 4.98 Å². The van der Waals surface area contributed by atoms with E-state index in [1.54, 1.807) is 7.11 Å². The van der Waals surface area contributed by atoms with Crippen LogP contribution in [0, 0.1) is 18.3 Å². The summed E-state index contributed by atoms with van der Waals surface area (Å²) in [6.07, 6.45) is 7.30. The summed E-state index contributed by atoms with van der Waals surface area (Å²) >= 11 is 0. The Labute approximate surface area is 213 Å². The van der Waals surface area contributed by atoms with Crippen LogP contribution in [0.3, 0.4) is 0 Å². The smallest absolute Gasteiger partial charge is 0.163 e. The third-order valence-electron chi connectivity index (χ3n) is 8.40. The van der Waals surface area contributed by atoms with Crippen LogP contribution in [0.25, 0.3) is 22.4 Å². The van der Waals surface area contributed by atoms with Crippen molar-refractivity contribution in [3.63, 3.8) is 0 Å². The van der Waals surface area contributed by atoms with Crippen LogP contribution in [0.5, 0.6) is 11.5 Å². The van der Waals surface area contributed by atoms with Crippen LogP contribution >= 0.6 is 0 Å². The zero-order chi connectivity index (χ0) is 24.5. The number of aromatic nitrogens is 1. The Morgan fingerprint density at radius 3 is 2.53 bits per heavy atom. The Balaban J connectivity index is 1.31. The SMILES string of the molecule is COc1cc2c(NC3CC4(CCNCC4)C3)cc(-c3ccc(C)o3)nc2cc1OCC1CCNCC1. The Morgan fingerprint density at radius 2 is 1.81 bits per heavy atom. The zero-order valence-electron chi connectivity index (χ0n) is 21.5. The Hall–Kier alpha value is -2.77. The molecule has 1 aromatic carbocycles. The van der Waals surface area contributed by atoms with Crippen LogP contribution < -0.4 is 25.4 Å². The van der Waals surface area contributed by atoms with Crippen LogP contribution in [-0.2, 0) is 0 Å². The van der Waals surface area contributed by atoms with E-state index in [4.69, 9.17) is 18.9 Å². The second kappa shape index (κ2) is 9.94. The molecule has 4 heterocycles. The lowest BCUT2D eigenvalue weighted by Crippen LogP contribution is -2.50. The van der Waals surface area contributed by atoms with Gasteiger partial charge >= 0.3 is 0 Å². The molecule has 3 N–H and O–H groups in total. The van der Waals surface area contributed by atoms with Crippen molar-refractivity contribution in [1.82, 2.24) is 15.6 Å². The van der Waals surface area contributed by atoms with Gasteiger partial charge in [0, 0.05) is 23.2 Å². The van der Waals surface area contributed by atoms with E-state index in [1.165, 1.54) is 25.7 Å². The number of furan rings is 1. The minimum atomic E-state index is 0.474. The van der Waals surface area contributed by atoms with E-state index in [9.17, 15) is 0 Å². The first-order chi connectivity index (χ1) is 17.6. The quantitative estimate of drug-likeness (QED) is 0.423. The fourth-order valence-electron chi connectivity index (χ4n) is 6.25. The molecule has 0 unspecified atom stereocenters. The summed E-state index contributed by atoms with van der Waals surface area (Å²) in [7, 11) is 1.71. The Bertz CT molecular complexity index is 1200. The molecular weight excluding hydrogens is 452 g/mol. The van der Waals surface area contributed by atoms with Gasteiger partial charge in [-0.05, 0) is 107 Å². The normalized spacial score (nSPS) is 20.4. The van der Waals surface area contributed by atoms with Crippen molar-refractivity contribution in [2.45, 2.75) is 51.5 Å². The number of pyridine rings is 1. The molecule has 1 spiro atoms. The van der Waals surface area contributed by atoms with Crippen LogP contribution in [0.2, 0.25) is 0 Å². The number of nitrogens with zero attached hydrogens (tertiary/aromatic N) is 1. The number of piperidine rings is 2. The molecule has 192 valence electrons. The number of rotatable bonds is 7. The molecule has 7 nitrogen and oxygen atoms in total. The number of hydrogen-bond acceptors (Lipinski definition) is 7. The first kappa shape index (κ1) is 23.6. The average Bonchev–Trinajstić information content (AvgIpc) is 3.33. The molecule has 0 amide bonds. The maximum absolute atomic E-state index is 6.31. The topological polar surface area (TPSA) is 80.6 Å². The maximum atomic E-state index is 6.31. The molecule has 3 fully saturated rings. The third kappa shape index (κ3) is 4.78. The zero-order valence-corrected chi connectivity index (χ0v) is 21.5. The Morgan fingerprint density at radius 1 is 1.03 bits per heavy atom. The number of anilines is 1. The standard InChI is InChI=1S/C29H38N4O3/c1-19-3-4-26(36-19)25-14-23(32-21-16-29(17-21)7-11-31-12-8-29)22-13-27(34-2)28(15-24(22)33-25)35-18-20-5-9-30-10-6-20/h3-4,13-15,20-21,30-31H,5-12,16-18H2,1-2H3,(H,32,33). The fraction of sp³-hybridized carbons (Fsp3) is 0.552. The molecule has 1 saturated carbocycles. The molecule has 0 atom stereocenters. The largest absolute Gasteiger partial charge is 0.493 e. The lowest BCUT2D eigenvalue weighted by molar-refractivity contribution is 0.0719. The van der Waals surface area contributed by atoms with E-state index < -0.39 is 0 Å². The number of benzene rings is 1. The monoisotopic (exact) mass is 490 g/mol. The number of methoxy groups -OCH3 is 1. The van der Waals surface area contributed by atoms with Gasteiger partial charge in [-0.3, -0.25) is 0 Å². The number of fused-ring (bicyclic) bond motifs is 1. The van der Waals surface area contributed by atoms with E-state index in [1.807, 2.05) is 25.1 Å². The minimum absolute atomic E-state index is 0.474. The summed E-state index contributed by atoms with van der Waals surface area (Å²) in [5.41, 5.74) is 3.32. The van der Waals surface area contributed by atoms with Gasteiger partial charge in [0.2, 0.25) is 0 Å². The first-order valence-corrected chi connectivity index (χ1v) is 13.5. The summed E-state index contributed by atoms with van der Waals surface area (Å²) < 4.78 is 18.0. The van der Waals surface area contributed by atoms with Gasteiger partial charge in [-0.2, -0.15) is 0 Å². The summed E-state index contributed by atoms with van der Waals surface area (Å²) in [6.45, 7) is 7.07. The molecule has 0 bridgehead atoms. The molecule has 3 aliphatic rings. The predicted octanol–water partition coefficient (Wildman–Crippen LogP) is 5.13. The summed E-state index contributed by atoms with van der Waals surface area (Å²) in [5.74, 6) is 3.75. The highest BCUT2D eigenvalue weighted by atomic mass is 16.5. The van der Waals surface area contributed by atoms with Crippen molar-refractivity contribution >= 4 is 16.6 Å². The van der Waals surface area contributed by atoms with Gasteiger partial charge in [-0.1, -0.05) is 0 Å². The van der Waals surface area contributed by atoms with Crippen molar-refractivity contribution in [3.05, 3.63) is 36.1 Å². The Kier molecular flexibility index (Phi) is 6.52. The van der Waals surface area contributed by atoms with Crippen LogP contribution in [-0.4, -0.2) is 50.9 Å². The number of aryl methyl sites for hydroxylation is 1. The van der Waals surface area contributed by atoms with Crippen LogP contribution in [0.1, 0.15) is 44.3 Å². The molecule has 2 saturated heterocycles. The predicted molar refractivity (Wildman–Crippen MR) is 143 cm³/mol. The molecule has 1 aliphatic carbocycles. The number of nitrogens with one attached hydrogen (secondary N) is 3. The van der Waals surface area contributed by atoms with Gasteiger partial charge in [-0.15, -0.1) is 0 Å². The molecule has 6 rings (SSSR count). The molecule has 2 aromatic heterocycles. The number of hydrogen-bond donors (Lipinski definition) is 3. The van der Waals surface area contributed by atoms with Gasteiger partial charge in [0.05, 0.1) is 19.2 Å². The van der Waals surface area contributed by atoms with Crippen molar-refractivity contribution in [1.29, 1.82) is 0 Å². The van der Waals surface area contributed by atoms with Gasteiger partial charge in [0.15, 0.2) is 17.3 Å². The fourth-order valence-corrected chi connectivity index (χ4v) is 6.25. The highest BCUT2D eigenvalue weighted by molar-refractivity contribution is 5.95. The second-order valence-electron chi connectivity index (χ2n) is 11.0. The maximum Gasteiger partial charge on any atom is 0.163 e. The first-order valence-electron chi connectivity index (χ1n) is 13.5. The van der Waals surface area contributed by atoms with Crippen LogP contribution in [0.15, 0.2) is 34.7 Å². The lowest BCUT2D eigenvalue weighted by atomic mass is 9.60. The average molecular weight is 491 g/mol. The van der Waals surface area contributed by atoms with E-state index in [-0.39, 0.29) is 0 Å².